The van der Waals surface area contributed by atoms with E-state index in [2.05, 4.69) is 19.2 Å². The first-order valence-electron chi connectivity index (χ1n) is 9.14. The zero-order chi connectivity index (χ0) is 19.9. The van der Waals surface area contributed by atoms with Crippen LogP contribution in [-0.2, 0) is 19.5 Å². The number of hydrogen-bond donors (Lipinski definition) is 2. The summed E-state index contributed by atoms with van der Waals surface area (Å²) >= 11 is 0. The summed E-state index contributed by atoms with van der Waals surface area (Å²) in [6, 6.07) is 4.40. The maximum absolute atomic E-state index is 12.7. The van der Waals surface area contributed by atoms with Gasteiger partial charge in [0.05, 0.1) is 23.7 Å². The molecule has 0 saturated carbocycles. The number of hydrogen-bond acceptors (Lipinski definition) is 6. The summed E-state index contributed by atoms with van der Waals surface area (Å²) in [5, 5.41) is 8.06. The molecule has 152 valence electrons. The number of primary sulfonamides is 1. The molecule has 0 aliphatic carbocycles. The molecule has 9 heteroatoms. The van der Waals surface area contributed by atoms with Gasteiger partial charge in [0, 0.05) is 38.5 Å². The molecule has 0 radical (unpaired) electrons. The van der Waals surface area contributed by atoms with Crippen LogP contribution in [0.2, 0.25) is 0 Å². The van der Waals surface area contributed by atoms with Gasteiger partial charge in [-0.25, -0.2) is 13.6 Å². The number of nitrogens with two attached hydrogens (primary N) is 1. The molecular weight excluding hydrogens is 370 g/mol. The first-order chi connectivity index (χ1) is 12.8. The van der Waals surface area contributed by atoms with Gasteiger partial charge < -0.3 is 19.7 Å². The lowest BCUT2D eigenvalue weighted by Gasteiger charge is -2.30. The fourth-order valence-electron chi connectivity index (χ4n) is 2.74. The van der Waals surface area contributed by atoms with Gasteiger partial charge in [-0.2, -0.15) is 0 Å². The highest BCUT2D eigenvalue weighted by Crippen LogP contribution is 2.24. The average Bonchev–Trinajstić information content (AvgIpc) is 2.63. The summed E-state index contributed by atoms with van der Waals surface area (Å²) in [5.74, 6) is 0.141. The Morgan fingerprint density at radius 3 is 2.67 bits per heavy atom. The van der Waals surface area contributed by atoms with Crippen LogP contribution in [0.1, 0.15) is 30.6 Å². The second-order valence-electron chi connectivity index (χ2n) is 6.90. The number of sulfonamides is 1. The standard InChI is InChI=1S/C18H29N3O5S/c1-14(2)13-26-9-3-6-20-18(22)16-12-15(27(19,23)24)4-5-17(16)21-7-10-25-11-8-21/h4-5,12,14H,3,6-11,13H2,1-2H3,(H,20,22)(H2,19,23,24). The van der Waals surface area contributed by atoms with E-state index in [9.17, 15) is 13.2 Å². The Morgan fingerprint density at radius 1 is 1.33 bits per heavy atom. The van der Waals surface area contributed by atoms with E-state index in [-0.39, 0.29) is 10.8 Å². The number of nitrogens with one attached hydrogen (secondary N) is 1. The van der Waals surface area contributed by atoms with E-state index in [1.54, 1.807) is 6.07 Å². The van der Waals surface area contributed by atoms with Crippen molar-refractivity contribution < 1.29 is 22.7 Å². The number of nitrogens with zero attached hydrogens (tertiary/aromatic N) is 1. The summed E-state index contributed by atoms with van der Waals surface area (Å²) in [7, 11) is -3.89. The van der Waals surface area contributed by atoms with Crippen LogP contribution >= 0.6 is 0 Å². The second kappa shape index (κ2) is 10.0. The van der Waals surface area contributed by atoms with E-state index in [1.807, 2.05) is 4.90 Å². The molecule has 0 atom stereocenters. The molecule has 3 N–H and O–H groups in total. The summed E-state index contributed by atoms with van der Waals surface area (Å²) in [6.07, 6.45) is 0.681. The number of carbonyl (C=O) groups is 1. The minimum Gasteiger partial charge on any atom is -0.381 e. The molecule has 1 fully saturated rings. The van der Waals surface area contributed by atoms with Gasteiger partial charge in [-0.3, -0.25) is 4.79 Å². The van der Waals surface area contributed by atoms with E-state index in [4.69, 9.17) is 14.6 Å². The minimum atomic E-state index is -3.89. The SMILES string of the molecule is CC(C)COCCCNC(=O)c1cc(S(N)(=O)=O)ccc1N1CCOCC1. The molecule has 2 rings (SSSR count). The molecular formula is C18H29N3O5S. The van der Waals surface area contributed by atoms with Crippen LogP contribution in [-0.4, -0.2) is 60.4 Å². The van der Waals surface area contributed by atoms with Gasteiger partial charge in [0.1, 0.15) is 0 Å². The highest BCUT2D eigenvalue weighted by molar-refractivity contribution is 7.89. The van der Waals surface area contributed by atoms with Crippen LogP contribution in [0.4, 0.5) is 5.69 Å². The Kier molecular flexibility index (Phi) is 8.03. The summed E-state index contributed by atoms with van der Waals surface area (Å²) in [6.45, 7) is 8.24. The maximum atomic E-state index is 12.7. The predicted octanol–water partition coefficient (Wildman–Crippen LogP) is 0.963. The number of benzene rings is 1. The number of anilines is 1. The molecule has 0 bridgehead atoms. The summed E-state index contributed by atoms with van der Waals surface area (Å²) < 4.78 is 34.2. The molecule has 1 aromatic rings. The molecule has 0 unspecified atom stereocenters. The Labute approximate surface area is 161 Å². The van der Waals surface area contributed by atoms with Crippen molar-refractivity contribution in [3.05, 3.63) is 23.8 Å². The van der Waals surface area contributed by atoms with Crippen LogP contribution in [0, 0.1) is 5.92 Å². The van der Waals surface area contributed by atoms with E-state index in [1.165, 1.54) is 12.1 Å². The van der Waals surface area contributed by atoms with E-state index < -0.39 is 10.0 Å². The molecule has 1 aromatic carbocycles. The fraction of sp³-hybridized carbons (Fsp3) is 0.611. The summed E-state index contributed by atoms with van der Waals surface area (Å²) in [4.78, 5) is 14.6. The van der Waals surface area contributed by atoms with Crippen LogP contribution in [0.3, 0.4) is 0 Å². The van der Waals surface area contributed by atoms with E-state index >= 15 is 0 Å². The lowest BCUT2D eigenvalue weighted by molar-refractivity contribution is 0.0923. The van der Waals surface area contributed by atoms with Gasteiger partial charge in [0.15, 0.2) is 0 Å². The third-order valence-electron chi connectivity index (χ3n) is 4.10. The average molecular weight is 400 g/mol. The summed E-state index contributed by atoms with van der Waals surface area (Å²) in [5.41, 5.74) is 0.978. The highest BCUT2D eigenvalue weighted by atomic mass is 32.2. The first kappa shape index (κ1) is 21.6. The van der Waals surface area contributed by atoms with Gasteiger partial charge in [0.2, 0.25) is 10.0 Å². The number of carbonyl (C=O) groups excluding carboxylic acids is 1. The quantitative estimate of drug-likeness (QED) is 0.599. The molecule has 27 heavy (non-hydrogen) atoms. The van der Waals surface area contributed by atoms with Crippen molar-refractivity contribution in [3.8, 4) is 0 Å². The molecule has 1 heterocycles. The van der Waals surface area contributed by atoms with Crippen molar-refractivity contribution in [3.63, 3.8) is 0 Å². The Balaban J connectivity index is 2.07. The number of morpholine rings is 1. The van der Waals surface area contributed by atoms with Crippen molar-refractivity contribution in [2.45, 2.75) is 25.2 Å². The Hall–Kier alpha value is -1.68. The second-order valence-corrected chi connectivity index (χ2v) is 8.46. The smallest absolute Gasteiger partial charge is 0.253 e. The molecule has 0 aromatic heterocycles. The third kappa shape index (κ3) is 6.76. The van der Waals surface area contributed by atoms with Crippen LogP contribution in [0.25, 0.3) is 0 Å². The van der Waals surface area contributed by atoms with Gasteiger partial charge in [-0.1, -0.05) is 13.8 Å². The van der Waals surface area contributed by atoms with Crippen molar-refractivity contribution in [1.29, 1.82) is 0 Å². The third-order valence-corrected chi connectivity index (χ3v) is 5.01. The number of ether oxygens (including phenoxy) is 2. The van der Waals surface area contributed by atoms with Gasteiger partial charge in [-0.15, -0.1) is 0 Å². The van der Waals surface area contributed by atoms with Gasteiger partial charge in [-0.05, 0) is 30.5 Å². The zero-order valence-electron chi connectivity index (χ0n) is 15.9. The monoisotopic (exact) mass is 399 g/mol. The molecule has 1 aliphatic rings. The van der Waals surface area contributed by atoms with Crippen LogP contribution in [0.15, 0.2) is 23.1 Å². The van der Waals surface area contributed by atoms with Gasteiger partial charge in [0.25, 0.3) is 5.91 Å². The normalized spacial score (nSPS) is 15.2. The Bertz CT molecular complexity index is 731. The van der Waals surface area contributed by atoms with Crippen molar-refractivity contribution in [2.24, 2.45) is 11.1 Å². The molecule has 0 spiro atoms. The number of amides is 1. The maximum Gasteiger partial charge on any atom is 0.253 e. The molecule has 1 saturated heterocycles. The largest absolute Gasteiger partial charge is 0.381 e. The Morgan fingerprint density at radius 2 is 2.04 bits per heavy atom. The predicted molar refractivity (Wildman–Crippen MR) is 103 cm³/mol. The zero-order valence-corrected chi connectivity index (χ0v) is 16.8. The topological polar surface area (TPSA) is 111 Å². The molecule has 1 amide bonds. The van der Waals surface area contributed by atoms with Crippen molar-refractivity contribution in [1.82, 2.24) is 5.32 Å². The first-order valence-corrected chi connectivity index (χ1v) is 10.7. The van der Waals surface area contributed by atoms with Crippen LogP contribution in [0.5, 0.6) is 0 Å². The molecule has 1 aliphatic heterocycles. The minimum absolute atomic E-state index is 0.0788. The van der Waals surface area contributed by atoms with Gasteiger partial charge >= 0.3 is 0 Å². The fourth-order valence-corrected chi connectivity index (χ4v) is 3.28. The lowest BCUT2D eigenvalue weighted by atomic mass is 10.1. The molecule has 8 nitrogen and oxygen atoms in total. The van der Waals surface area contributed by atoms with Crippen molar-refractivity contribution in [2.75, 3.05) is 51.0 Å². The van der Waals surface area contributed by atoms with E-state index in [0.29, 0.717) is 69.7 Å². The van der Waals surface area contributed by atoms with E-state index in [0.717, 1.165) is 0 Å². The number of rotatable bonds is 9. The van der Waals surface area contributed by atoms with Crippen molar-refractivity contribution >= 4 is 21.6 Å². The lowest BCUT2D eigenvalue weighted by Crippen LogP contribution is -2.38. The van der Waals surface area contributed by atoms with Crippen LogP contribution < -0.4 is 15.4 Å². The highest BCUT2D eigenvalue weighted by Gasteiger charge is 2.21.